The Bertz CT molecular complexity index is 2340. The van der Waals surface area contributed by atoms with Gasteiger partial charge in [0, 0.05) is 17.7 Å². The van der Waals surface area contributed by atoms with Crippen molar-refractivity contribution in [1.82, 2.24) is 4.57 Å². The van der Waals surface area contributed by atoms with Crippen molar-refractivity contribution in [2.75, 3.05) is 6.61 Å². The van der Waals surface area contributed by atoms with Gasteiger partial charge in [0.05, 0.1) is 38.9 Å². The molecule has 0 bridgehead atoms. The molecule has 1 atom stereocenters. The van der Waals surface area contributed by atoms with E-state index in [2.05, 4.69) is 13.8 Å². The Labute approximate surface area is 291 Å². The summed E-state index contributed by atoms with van der Waals surface area (Å²) >= 11 is 1.19. The maximum Gasteiger partial charge on any atom is 0.343 e. The van der Waals surface area contributed by atoms with Crippen LogP contribution in [0.1, 0.15) is 79.5 Å². The van der Waals surface area contributed by atoms with E-state index in [1.807, 2.05) is 61.5 Å². The van der Waals surface area contributed by atoms with E-state index < -0.39 is 22.9 Å². The first kappa shape index (κ1) is 34.2. The van der Waals surface area contributed by atoms with E-state index in [0.717, 1.165) is 28.3 Å². The number of rotatable bonds is 10. The van der Waals surface area contributed by atoms with Gasteiger partial charge in [-0.05, 0) is 65.4 Å². The van der Waals surface area contributed by atoms with Gasteiger partial charge >= 0.3 is 11.9 Å². The average molecular weight is 690 g/mol. The molecule has 0 unspecified atom stereocenters. The molecular formula is C39H35N3O7S. The van der Waals surface area contributed by atoms with Crippen molar-refractivity contribution in [2.45, 2.75) is 52.5 Å². The standard InChI is InChI=1S/C39H35N3O7S/c1-5-9-31-34(38(45)48-6-2)35(26-14-12-24(13-15-26)23(3)4)41-36(43)33(50-39(41)40-31)22-30-29-11-8-7-10-25(29)18-21-32(30)49-37(44)27-16-19-28(20-17-27)42(46)47/h7-8,10-23,35H,5-6,9H2,1-4H3/b33-22-/t35-/m0/s1. The summed E-state index contributed by atoms with van der Waals surface area (Å²) in [6.45, 7) is 8.13. The molecule has 11 heteroatoms. The number of allylic oxidation sites excluding steroid dienone is 1. The van der Waals surface area contributed by atoms with Gasteiger partial charge in [-0.2, -0.15) is 0 Å². The maximum absolute atomic E-state index is 14.5. The zero-order chi connectivity index (χ0) is 35.5. The van der Waals surface area contributed by atoms with E-state index in [4.69, 9.17) is 14.5 Å². The number of carbonyl (C=O) groups is 2. The lowest BCUT2D eigenvalue weighted by atomic mass is 9.92. The molecule has 0 saturated carbocycles. The lowest BCUT2D eigenvalue weighted by Crippen LogP contribution is -2.40. The lowest BCUT2D eigenvalue weighted by Gasteiger charge is -2.26. The van der Waals surface area contributed by atoms with Crippen LogP contribution < -0.4 is 19.6 Å². The Kier molecular flexibility index (Phi) is 9.87. The number of benzene rings is 4. The van der Waals surface area contributed by atoms with Crippen LogP contribution in [-0.4, -0.2) is 28.0 Å². The molecule has 1 aromatic heterocycles. The minimum Gasteiger partial charge on any atom is -0.463 e. The number of aromatic nitrogens is 1. The van der Waals surface area contributed by atoms with Gasteiger partial charge in [-0.25, -0.2) is 14.6 Å². The summed E-state index contributed by atoms with van der Waals surface area (Å²) in [6.07, 6.45) is 2.94. The predicted octanol–water partition coefficient (Wildman–Crippen LogP) is 6.98. The van der Waals surface area contributed by atoms with Crippen molar-refractivity contribution in [3.63, 3.8) is 0 Å². The highest BCUT2D eigenvalue weighted by Crippen LogP contribution is 2.34. The quantitative estimate of drug-likeness (QED) is 0.0669. The molecule has 2 heterocycles. The Morgan fingerprint density at radius 1 is 0.980 bits per heavy atom. The number of hydrogen-bond donors (Lipinski definition) is 0. The maximum atomic E-state index is 14.5. The molecular weight excluding hydrogens is 655 g/mol. The van der Waals surface area contributed by atoms with Gasteiger partial charge in [-0.1, -0.05) is 93.1 Å². The number of esters is 2. The summed E-state index contributed by atoms with van der Waals surface area (Å²) < 4.78 is 13.3. The van der Waals surface area contributed by atoms with Crippen LogP contribution in [0.5, 0.6) is 5.75 Å². The van der Waals surface area contributed by atoms with Crippen LogP contribution in [0.2, 0.25) is 0 Å². The molecule has 0 amide bonds. The smallest absolute Gasteiger partial charge is 0.343 e. The summed E-state index contributed by atoms with van der Waals surface area (Å²) in [6, 6.07) is 23.3. The van der Waals surface area contributed by atoms with E-state index in [-0.39, 0.29) is 29.2 Å². The molecule has 0 radical (unpaired) electrons. The second-order valence-corrected chi connectivity index (χ2v) is 13.1. The third-order valence-corrected chi connectivity index (χ3v) is 9.52. The summed E-state index contributed by atoms with van der Waals surface area (Å²) in [5.74, 6) is -0.718. The molecule has 50 heavy (non-hydrogen) atoms. The van der Waals surface area contributed by atoms with E-state index in [0.29, 0.717) is 38.5 Å². The van der Waals surface area contributed by atoms with Crippen molar-refractivity contribution in [3.8, 4) is 5.75 Å². The summed E-state index contributed by atoms with van der Waals surface area (Å²) in [4.78, 5) is 57.2. The number of fused-ring (bicyclic) bond motifs is 2. The first-order valence-electron chi connectivity index (χ1n) is 16.4. The van der Waals surface area contributed by atoms with Crippen LogP contribution in [0.4, 0.5) is 5.69 Å². The first-order chi connectivity index (χ1) is 24.1. The monoisotopic (exact) mass is 689 g/mol. The fraction of sp³-hybridized carbons (Fsp3) is 0.231. The highest BCUT2D eigenvalue weighted by molar-refractivity contribution is 7.07. The van der Waals surface area contributed by atoms with Crippen molar-refractivity contribution >= 4 is 45.8 Å². The van der Waals surface area contributed by atoms with Gasteiger partial charge in [-0.3, -0.25) is 19.5 Å². The number of nitrogens with zero attached hydrogens (tertiary/aromatic N) is 3. The molecule has 1 aliphatic heterocycles. The summed E-state index contributed by atoms with van der Waals surface area (Å²) in [7, 11) is 0. The van der Waals surface area contributed by atoms with Crippen LogP contribution >= 0.6 is 11.3 Å². The van der Waals surface area contributed by atoms with Crippen LogP contribution in [0, 0.1) is 10.1 Å². The number of hydrogen-bond acceptors (Lipinski definition) is 9. The first-order valence-corrected chi connectivity index (χ1v) is 17.2. The highest BCUT2D eigenvalue weighted by atomic mass is 32.1. The number of nitro groups is 1. The minimum absolute atomic E-state index is 0.132. The average Bonchev–Trinajstić information content (AvgIpc) is 3.42. The SMILES string of the molecule is CCCC1=C(C(=O)OCC)[C@H](c2ccc(C(C)C)cc2)n2c(s/c(=C\c3c(OC(=O)c4ccc([N+](=O)[O-])cc4)ccc4ccccc34)c2=O)=N1. The van der Waals surface area contributed by atoms with Gasteiger partial charge in [0.2, 0.25) is 0 Å². The lowest BCUT2D eigenvalue weighted by molar-refractivity contribution is -0.384. The van der Waals surface area contributed by atoms with Crippen molar-refractivity contribution in [2.24, 2.45) is 4.99 Å². The fourth-order valence-corrected chi connectivity index (χ4v) is 7.02. The van der Waals surface area contributed by atoms with Crippen LogP contribution in [-0.2, 0) is 9.53 Å². The highest BCUT2D eigenvalue weighted by Gasteiger charge is 2.34. The van der Waals surface area contributed by atoms with E-state index >= 15 is 0 Å². The Morgan fingerprint density at radius 3 is 2.36 bits per heavy atom. The number of thiazole rings is 1. The second-order valence-electron chi connectivity index (χ2n) is 12.1. The van der Waals surface area contributed by atoms with Gasteiger partial charge in [0.15, 0.2) is 4.80 Å². The number of ether oxygens (including phenoxy) is 2. The van der Waals surface area contributed by atoms with Crippen LogP contribution in [0.15, 0.2) is 106 Å². The molecule has 0 saturated heterocycles. The largest absolute Gasteiger partial charge is 0.463 e. The fourth-order valence-electron chi connectivity index (χ4n) is 6.02. The Hall–Kier alpha value is -5.68. The number of non-ortho nitro benzene ring substituents is 1. The van der Waals surface area contributed by atoms with Gasteiger partial charge in [-0.15, -0.1) is 0 Å². The van der Waals surface area contributed by atoms with Crippen molar-refractivity contribution < 1.29 is 24.0 Å². The number of nitro benzene ring substituents is 1. The van der Waals surface area contributed by atoms with E-state index in [1.165, 1.54) is 35.6 Å². The zero-order valence-corrected chi connectivity index (χ0v) is 28.9. The Balaban J connectivity index is 1.54. The van der Waals surface area contributed by atoms with Crippen LogP contribution in [0.3, 0.4) is 0 Å². The topological polar surface area (TPSA) is 130 Å². The second kappa shape index (κ2) is 14.4. The third kappa shape index (κ3) is 6.64. The van der Waals surface area contributed by atoms with Crippen LogP contribution in [0.25, 0.3) is 16.8 Å². The number of carbonyl (C=O) groups excluding carboxylic acids is 2. The van der Waals surface area contributed by atoms with Crippen molar-refractivity contribution in [3.05, 3.63) is 148 Å². The van der Waals surface area contributed by atoms with Gasteiger partial charge < -0.3 is 9.47 Å². The van der Waals surface area contributed by atoms with E-state index in [9.17, 15) is 24.5 Å². The summed E-state index contributed by atoms with van der Waals surface area (Å²) in [5, 5.41) is 12.7. The molecule has 6 rings (SSSR count). The Morgan fingerprint density at radius 2 is 1.70 bits per heavy atom. The van der Waals surface area contributed by atoms with Gasteiger partial charge in [0.1, 0.15) is 5.75 Å². The zero-order valence-electron chi connectivity index (χ0n) is 28.0. The van der Waals surface area contributed by atoms with Crippen molar-refractivity contribution in [1.29, 1.82) is 0 Å². The summed E-state index contributed by atoms with van der Waals surface area (Å²) in [5.41, 5.74) is 2.94. The molecule has 0 aliphatic carbocycles. The molecule has 10 nitrogen and oxygen atoms in total. The molecule has 0 spiro atoms. The van der Waals surface area contributed by atoms with E-state index in [1.54, 1.807) is 23.6 Å². The molecule has 5 aromatic rings. The van der Waals surface area contributed by atoms with Gasteiger partial charge in [0.25, 0.3) is 11.2 Å². The molecule has 0 N–H and O–H groups in total. The molecule has 254 valence electrons. The third-order valence-electron chi connectivity index (χ3n) is 8.53. The molecule has 4 aromatic carbocycles. The minimum atomic E-state index is -0.762. The predicted molar refractivity (Wildman–Crippen MR) is 192 cm³/mol. The normalized spacial score (nSPS) is 14.4. The molecule has 1 aliphatic rings. The molecule has 0 fully saturated rings.